The first kappa shape index (κ1) is 15.4. The third-order valence-corrected chi connectivity index (χ3v) is 3.96. The Bertz CT molecular complexity index is 506. The fraction of sp³-hybridized carbons (Fsp3) is 0.471. The number of anilines is 2. The predicted molar refractivity (Wildman–Crippen MR) is 87.1 cm³/mol. The molecule has 0 unspecified atom stereocenters. The summed E-state index contributed by atoms with van der Waals surface area (Å²) in [7, 11) is 1.84. The lowest BCUT2D eigenvalue weighted by Gasteiger charge is -2.33. The van der Waals surface area contributed by atoms with Gasteiger partial charge in [0.05, 0.1) is 11.3 Å². The smallest absolute Gasteiger partial charge is 0.340 e. The van der Waals surface area contributed by atoms with Crippen molar-refractivity contribution >= 4 is 17.3 Å². The monoisotopic (exact) mass is 288 g/mol. The average Bonchev–Trinajstić information content (AvgIpc) is 2.52. The van der Waals surface area contributed by atoms with Gasteiger partial charge in [-0.2, -0.15) is 0 Å². The van der Waals surface area contributed by atoms with Crippen molar-refractivity contribution in [2.45, 2.75) is 19.8 Å². The minimum Gasteiger partial charge on any atom is -0.458 e. The van der Waals surface area contributed by atoms with Crippen molar-refractivity contribution < 1.29 is 9.53 Å². The van der Waals surface area contributed by atoms with Gasteiger partial charge >= 0.3 is 5.97 Å². The largest absolute Gasteiger partial charge is 0.458 e. The number of piperidine rings is 1. The summed E-state index contributed by atoms with van der Waals surface area (Å²) in [6.07, 6.45) is 3.91. The van der Waals surface area contributed by atoms with Gasteiger partial charge in [0.15, 0.2) is 0 Å². The first-order valence-corrected chi connectivity index (χ1v) is 7.50. The lowest BCUT2D eigenvalue weighted by atomic mass is 9.98. The molecular weight excluding hydrogens is 264 g/mol. The Morgan fingerprint density at radius 3 is 2.81 bits per heavy atom. The van der Waals surface area contributed by atoms with Gasteiger partial charge in [0.25, 0.3) is 0 Å². The topological polar surface area (TPSA) is 41.6 Å². The summed E-state index contributed by atoms with van der Waals surface area (Å²) in [5, 5.41) is 3.07. The number of nitrogens with zero attached hydrogens (tertiary/aromatic N) is 1. The summed E-state index contributed by atoms with van der Waals surface area (Å²) in [6.45, 7) is 8.07. The van der Waals surface area contributed by atoms with Crippen LogP contribution in [-0.4, -0.2) is 32.7 Å². The summed E-state index contributed by atoms with van der Waals surface area (Å²) in [5.74, 6) is 0.467. The molecule has 4 nitrogen and oxygen atoms in total. The minimum atomic E-state index is -0.291. The molecule has 114 valence electrons. The minimum absolute atomic E-state index is 0.235. The van der Waals surface area contributed by atoms with E-state index in [-0.39, 0.29) is 12.6 Å². The molecule has 1 aliphatic heterocycles. The average molecular weight is 288 g/mol. The molecule has 0 radical (unpaired) electrons. The number of rotatable bonds is 5. The van der Waals surface area contributed by atoms with E-state index < -0.39 is 0 Å². The van der Waals surface area contributed by atoms with Crippen LogP contribution in [0.5, 0.6) is 0 Å². The molecule has 0 saturated carbocycles. The molecule has 0 amide bonds. The van der Waals surface area contributed by atoms with Crippen molar-refractivity contribution in [3.63, 3.8) is 0 Å². The summed E-state index contributed by atoms with van der Waals surface area (Å²) in [4.78, 5) is 14.6. The zero-order valence-electron chi connectivity index (χ0n) is 12.9. The number of nitrogens with one attached hydrogen (secondary N) is 1. The lowest BCUT2D eigenvalue weighted by molar-refractivity contribution is 0.0550. The highest BCUT2D eigenvalue weighted by atomic mass is 16.5. The molecule has 0 spiro atoms. The number of ether oxygens (including phenoxy) is 1. The van der Waals surface area contributed by atoms with E-state index >= 15 is 0 Å². The normalized spacial score (nSPS) is 15.6. The van der Waals surface area contributed by atoms with Crippen LogP contribution in [0.3, 0.4) is 0 Å². The number of hydrogen-bond donors (Lipinski definition) is 1. The van der Waals surface area contributed by atoms with E-state index in [0.717, 1.165) is 43.2 Å². The van der Waals surface area contributed by atoms with Gasteiger partial charge < -0.3 is 15.0 Å². The molecule has 0 atom stereocenters. The highest BCUT2D eigenvalue weighted by Gasteiger charge is 2.22. The Balaban J connectivity index is 2.26. The lowest BCUT2D eigenvalue weighted by Crippen LogP contribution is -2.34. The molecule has 1 aromatic carbocycles. The van der Waals surface area contributed by atoms with Gasteiger partial charge in [-0.15, -0.1) is 0 Å². The molecule has 1 aliphatic rings. The SMILES string of the molecule is C=CCOC(=O)c1cc(NC)ccc1N1CCC(C)CC1. The van der Waals surface area contributed by atoms with Gasteiger partial charge in [0, 0.05) is 25.8 Å². The Morgan fingerprint density at radius 2 is 2.19 bits per heavy atom. The van der Waals surface area contributed by atoms with Crippen molar-refractivity contribution in [3.8, 4) is 0 Å². The molecule has 0 bridgehead atoms. The van der Waals surface area contributed by atoms with Crippen LogP contribution in [0.25, 0.3) is 0 Å². The molecule has 0 aromatic heterocycles. The summed E-state index contributed by atoms with van der Waals surface area (Å²) in [6, 6.07) is 5.86. The van der Waals surface area contributed by atoms with Crippen LogP contribution in [-0.2, 0) is 4.74 Å². The number of esters is 1. The molecule has 4 heteroatoms. The summed E-state index contributed by atoms with van der Waals surface area (Å²) >= 11 is 0. The number of benzene rings is 1. The highest BCUT2D eigenvalue weighted by molar-refractivity contribution is 5.97. The van der Waals surface area contributed by atoms with E-state index in [1.54, 1.807) is 6.08 Å². The third kappa shape index (κ3) is 3.78. The van der Waals surface area contributed by atoms with Gasteiger partial charge in [0.2, 0.25) is 0 Å². The molecular formula is C17H24N2O2. The van der Waals surface area contributed by atoms with Crippen LogP contribution in [0, 0.1) is 5.92 Å². The maximum absolute atomic E-state index is 12.3. The molecule has 1 aromatic rings. The van der Waals surface area contributed by atoms with Crippen molar-refractivity contribution in [2.24, 2.45) is 5.92 Å². The molecule has 1 heterocycles. The number of hydrogen-bond acceptors (Lipinski definition) is 4. The van der Waals surface area contributed by atoms with Crippen LogP contribution in [0.4, 0.5) is 11.4 Å². The van der Waals surface area contributed by atoms with Crippen molar-refractivity contribution in [1.29, 1.82) is 0 Å². The Hall–Kier alpha value is -1.97. The van der Waals surface area contributed by atoms with Crippen LogP contribution in [0.15, 0.2) is 30.9 Å². The van der Waals surface area contributed by atoms with Crippen LogP contribution in [0.1, 0.15) is 30.1 Å². The zero-order chi connectivity index (χ0) is 15.2. The van der Waals surface area contributed by atoms with Crippen LogP contribution in [0.2, 0.25) is 0 Å². The number of carbonyl (C=O) groups is 1. The first-order valence-electron chi connectivity index (χ1n) is 7.50. The summed E-state index contributed by atoms with van der Waals surface area (Å²) < 4.78 is 5.22. The Labute approximate surface area is 126 Å². The quantitative estimate of drug-likeness (QED) is 0.667. The molecule has 2 rings (SSSR count). The molecule has 0 aliphatic carbocycles. The molecule has 1 N–H and O–H groups in total. The fourth-order valence-corrected chi connectivity index (χ4v) is 2.59. The van der Waals surface area contributed by atoms with E-state index in [1.165, 1.54) is 0 Å². The van der Waals surface area contributed by atoms with E-state index in [2.05, 4.69) is 23.7 Å². The van der Waals surface area contributed by atoms with Crippen molar-refractivity contribution in [2.75, 3.05) is 37.0 Å². The van der Waals surface area contributed by atoms with Crippen molar-refractivity contribution in [1.82, 2.24) is 0 Å². The van der Waals surface area contributed by atoms with Gasteiger partial charge in [-0.1, -0.05) is 19.6 Å². The van der Waals surface area contributed by atoms with E-state index in [9.17, 15) is 4.79 Å². The maximum atomic E-state index is 12.3. The second kappa shape index (κ2) is 7.16. The second-order valence-corrected chi connectivity index (χ2v) is 5.54. The van der Waals surface area contributed by atoms with Gasteiger partial charge in [-0.25, -0.2) is 4.79 Å². The van der Waals surface area contributed by atoms with E-state index in [1.807, 2.05) is 25.2 Å². The molecule has 1 saturated heterocycles. The maximum Gasteiger partial charge on any atom is 0.340 e. The predicted octanol–water partition coefficient (Wildman–Crippen LogP) is 3.31. The number of carbonyl (C=O) groups excluding carboxylic acids is 1. The van der Waals surface area contributed by atoms with E-state index in [4.69, 9.17) is 4.74 Å². The second-order valence-electron chi connectivity index (χ2n) is 5.54. The first-order chi connectivity index (χ1) is 10.2. The third-order valence-electron chi connectivity index (χ3n) is 3.96. The van der Waals surface area contributed by atoms with Gasteiger partial charge in [0.1, 0.15) is 6.61 Å². The van der Waals surface area contributed by atoms with Gasteiger partial charge in [-0.05, 0) is 37.0 Å². The van der Waals surface area contributed by atoms with Crippen molar-refractivity contribution in [3.05, 3.63) is 36.4 Å². The van der Waals surface area contributed by atoms with Crippen LogP contribution < -0.4 is 10.2 Å². The van der Waals surface area contributed by atoms with E-state index in [0.29, 0.717) is 5.56 Å². The highest BCUT2D eigenvalue weighted by Crippen LogP contribution is 2.29. The Kier molecular flexibility index (Phi) is 5.26. The molecule has 21 heavy (non-hydrogen) atoms. The summed E-state index contributed by atoms with van der Waals surface area (Å²) in [5.41, 5.74) is 2.50. The standard InChI is InChI=1S/C17H24N2O2/c1-4-11-21-17(20)15-12-14(18-3)5-6-16(15)19-9-7-13(2)8-10-19/h4-6,12-13,18H,1,7-11H2,2-3H3. The zero-order valence-corrected chi connectivity index (χ0v) is 12.9. The Morgan fingerprint density at radius 1 is 1.48 bits per heavy atom. The molecule has 1 fully saturated rings. The van der Waals surface area contributed by atoms with Crippen LogP contribution >= 0.6 is 0 Å². The van der Waals surface area contributed by atoms with Gasteiger partial charge in [-0.3, -0.25) is 0 Å². The fourth-order valence-electron chi connectivity index (χ4n) is 2.59.